The number of nitrogens with zero attached hydrogens (tertiary/aromatic N) is 1. The van der Waals surface area contributed by atoms with Gasteiger partial charge >= 0.3 is 0 Å². The molecule has 0 atom stereocenters. The minimum absolute atomic E-state index is 0.214. The minimum Gasteiger partial charge on any atom is -0.264 e. The Hall–Kier alpha value is -5.01. The molecule has 0 amide bonds. The summed E-state index contributed by atoms with van der Waals surface area (Å²) in [5.74, 6) is 3.50. The highest BCUT2D eigenvalue weighted by Gasteiger charge is 2.61. The maximum Gasteiger partial charge on any atom is 0.0352 e. The Morgan fingerprint density at radius 1 is 0.417 bits per heavy atom. The summed E-state index contributed by atoms with van der Waals surface area (Å²) in [6, 6.07) is 48.2. The van der Waals surface area contributed by atoms with E-state index in [0.29, 0.717) is 0 Å². The molecular weight excluding hydrogens is 579 g/mol. The van der Waals surface area contributed by atoms with Gasteiger partial charge in [0.2, 0.25) is 0 Å². The normalized spacial score (nSPS) is 24.8. The van der Waals surface area contributed by atoms with E-state index < -0.39 is 0 Å². The SMILES string of the molecule is c1ccc(-c2ccc(-c3ccc(-c4ccc5c(c4)-c4ccccc4C54C5CC6CC(C5)CC4C6)c4ccccc34)c3ccncc23)cc1. The largest absolute Gasteiger partial charge is 0.264 e. The van der Waals surface area contributed by atoms with Gasteiger partial charge in [-0.2, -0.15) is 0 Å². The molecule has 1 spiro atoms. The Morgan fingerprint density at radius 3 is 1.75 bits per heavy atom. The zero-order valence-electron chi connectivity index (χ0n) is 27.1. The van der Waals surface area contributed by atoms with Crippen molar-refractivity contribution in [1.29, 1.82) is 0 Å². The van der Waals surface area contributed by atoms with Gasteiger partial charge in [-0.3, -0.25) is 4.98 Å². The van der Waals surface area contributed by atoms with Gasteiger partial charge in [-0.05, 0) is 140 Å². The number of fused-ring (bicyclic) bond motifs is 5. The van der Waals surface area contributed by atoms with Gasteiger partial charge in [-0.15, -0.1) is 0 Å². The van der Waals surface area contributed by atoms with Crippen LogP contribution in [-0.2, 0) is 5.41 Å². The summed E-state index contributed by atoms with van der Waals surface area (Å²) in [4.78, 5) is 4.55. The quantitative estimate of drug-likeness (QED) is 0.193. The first kappa shape index (κ1) is 27.0. The van der Waals surface area contributed by atoms with E-state index in [-0.39, 0.29) is 5.41 Å². The second kappa shape index (κ2) is 10.0. The van der Waals surface area contributed by atoms with Gasteiger partial charge < -0.3 is 0 Å². The van der Waals surface area contributed by atoms with Crippen molar-refractivity contribution in [3.8, 4) is 44.5 Å². The highest BCUT2D eigenvalue weighted by molar-refractivity contribution is 6.12. The summed E-state index contributed by atoms with van der Waals surface area (Å²) >= 11 is 0. The van der Waals surface area contributed by atoms with Crippen molar-refractivity contribution in [1.82, 2.24) is 4.98 Å². The highest BCUT2D eigenvalue weighted by Crippen LogP contribution is 2.69. The van der Waals surface area contributed by atoms with Gasteiger partial charge in [-0.1, -0.05) is 115 Å². The van der Waals surface area contributed by atoms with Crippen LogP contribution in [-0.4, -0.2) is 4.98 Å². The van der Waals surface area contributed by atoms with Crippen LogP contribution >= 0.6 is 0 Å². The molecule has 0 aliphatic heterocycles. The topological polar surface area (TPSA) is 12.9 Å². The highest BCUT2D eigenvalue weighted by atomic mass is 14.6. The summed E-state index contributed by atoms with van der Waals surface area (Å²) in [5, 5.41) is 5.02. The van der Waals surface area contributed by atoms with E-state index in [1.54, 1.807) is 11.1 Å². The summed E-state index contributed by atoms with van der Waals surface area (Å²) in [6.45, 7) is 0. The predicted molar refractivity (Wildman–Crippen MR) is 199 cm³/mol. The monoisotopic (exact) mass is 615 g/mol. The van der Waals surface area contributed by atoms with Crippen molar-refractivity contribution in [2.45, 2.75) is 37.5 Å². The van der Waals surface area contributed by atoms with Gasteiger partial charge in [0.15, 0.2) is 0 Å². The molecule has 7 aromatic rings. The third-order valence-corrected chi connectivity index (χ3v) is 13.0. The van der Waals surface area contributed by atoms with E-state index in [2.05, 4.69) is 132 Å². The molecule has 1 heteroatoms. The standard InChI is InChI=1S/C47H37N/c1-2-8-31(9-3-1)35-15-17-40(41-20-21-48-28-44(35)41)39-18-16-36(37-10-4-5-11-38(37)39)32-14-19-46-43(27-32)42-12-6-7-13-45(42)47(46)33-23-29-22-30(25-33)26-34(47)24-29/h1-21,27-30,33-34H,22-26H2. The van der Waals surface area contributed by atoms with Crippen LogP contribution in [0, 0.1) is 23.7 Å². The van der Waals surface area contributed by atoms with Gasteiger partial charge in [0.1, 0.15) is 0 Å². The smallest absolute Gasteiger partial charge is 0.0352 e. The number of rotatable bonds is 3. The molecule has 0 N–H and O–H groups in total. The second-order valence-corrected chi connectivity index (χ2v) is 15.1. The Kier molecular flexibility index (Phi) is 5.62. The molecular formula is C47H37N. The third-order valence-electron chi connectivity index (χ3n) is 13.0. The van der Waals surface area contributed by atoms with Crippen molar-refractivity contribution in [2.24, 2.45) is 23.7 Å². The number of aromatic nitrogens is 1. The molecule has 48 heavy (non-hydrogen) atoms. The maximum atomic E-state index is 4.55. The lowest BCUT2D eigenvalue weighted by Crippen LogP contribution is -2.55. The molecule has 4 saturated carbocycles. The summed E-state index contributed by atoms with van der Waals surface area (Å²) in [5.41, 5.74) is 14.0. The van der Waals surface area contributed by atoms with Gasteiger partial charge in [0, 0.05) is 23.2 Å². The van der Waals surface area contributed by atoms with Crippen LogP contribution < -0.4 is 0 Å². The van der Waals surface area contributed by atoms with Gasteiger partial charge in [0.25, 0.3) is 0 Å². The van der Waals surface area contributed by atoms with Crippen molar-refractivity contribution in [2.75, 3.05) is 0 Å². The molecule has 0 unspecified atom stereocenters. The van der Waals surface area contributed by atoms with E-state index >= 15 is 0 Å². The fourth-order valence-corrected chi connectivity index (χ4v) is 11.4. The first-order chi connectivity index (χ1) is 23.8. The first-order valence-corrected chi connectivity index (χ1v) is 18.0. The van der Waals surface area contributed by atoms with E-state index in [1.807, 2.05) is 12.4 Å². The van der Waals surface area contributed by atoms with Crippen LogP contribution in [0.4, 0.5) is 0 Å². The molecule has 1 aromatic heterocycles. The van der Waals surface area contributed by atoms with Crippen molar-refractivity contribution < 1.29 is 0 Å². The molecule has 5 aliphatic carbocycles. The Bertz CT molecular complexity index is 2390. The Balaban J connectivity index is 1.08. The van der Waals surface area contributed by atoms with E-state index in [0.717, 1.165) is 23.7 Å². The van der Waals surface area contributed by atoms with Crippen LogP contribution in [0.15, 0.2) is 140 Å². The molecule has 1 heterocycles. The van der Waals surface area contributed by atoms with Crippen molar-refractivity contribution in [3.05, 3.63) is 151 Å². The molecule has 0 radical (unpaired) electrons. The van der Waals surface area contributed by atoms with E-state index in [4.69, 9.17) is 0 Å². The molecule has 5 aliphatic rings. The molecule has 4 fully saturated rings. The van der Waals surface area contributed by atoms with E-state index in [9.17, 15) is 0 Å². The van der Waals surface area contributed by atoms with Crippen LogP contribution in [0.2, 0.25) is 0 Å². The number of hydrogen-bond acceptors (Lipinski definition) is 1. The van der Waals surface area contributed by atoms with Crippen LogP contribution in [0.1, 0.15) is 43.2 Å². The fourth-order valence-electron chi connectivity index (χ4n) is 11.4. The first-order valence-electron chi connectivity index (χ1n) is 18.0. The Morgan fingerprint density at radius 2 is 1.00 bits per heavy atom. The van der Waals surface area contributed by atoms with Crippen LogP contribution in [0.5, 0.6) is 0 Å². The van der Waals surface area contributed by atoms with Crippen molar-refractivity contribution in [3.63, 3.8) is 0 Å². The average Bonchev–Trinajstić information content (AvgIpc) is 3.43. The molecule has 4 bridgehead atoms. The lowest BCUT2D eigenvalue weighted by molar-refractivity contribution is -0.0399. The minimum atomic E-state index is 0.214. The third kappa shape index (κ3) is 3.60. The van der Waals surface area contributed by atoms with Crippen molar-refractivity contribution >= 4 is 21.5 Å². The predicted octanol–water partition coefficient (Wildman–Crippen LogP) is 12.1. The number of pyridine rings is 1. The maximum absolute atomic E-state index is 4.55. The zero-order valence-corrected chi connectivity index (χ0v) is 27.1. The average molecular weight is 616 g/mol. The molecule has 12 rings (SSSR count). The zero-order chi connectivity index (χ0) is 31.4. The molecule has 230 valence electrons. The lowest BCUT2D eigenvalue weighted by atomic mass is 9.43. The van der Waals surface area contributed by atoms with Crippen LogP contribution in [0.25, 0.3) is 66.1 Å². The lowest BCUT2D eigenvalue weighted by Gasteiger charge is -2.61. The van der Waals surface area contributed by atoms with E-state index in [1.165, 1.54) is 98.2 Å². The second-order valence-electron chi connectivity index (χ2n) is 15.1. The summed E-state index contributed by atoms with van der Waals surface area (Å²) in [7, 11) is 0. The van der Waals surface area contributed by atoms with Gasteiger partial charge in [0.05, 0.1) is 0 Å². The number of benzene rings is 6. The molecule has 1 nitrogen and oxygen atoms in total. The van der Waals surface area contributed by atoms with Gasteiger partial charge in [-0.25, -0.2) is 0 Å². The van der Waals surface area contributed by atoms with Crippen LogP contribution in [0.3, 0.4) is 0 Å². The Labute approximate surface area is 282 Å². The molecule has 6 aromatic carbocycles. The molecule has 0 saturated heterocycles. The number of hydrogen-bond donors (Lipinski definition) is 0. The fraction of sp³-hybridized carbons (Fsp3) is 0.213. The summed E-state index contributed by atoms with van der Waals surface area (Å²) < 4.78 is 0. The summed E-state index contributed by atoms with van der Waals surface area (Å²) in [6.07, 6.45) is 11.1.